The molecule has 1 amide bonds. The summed E-state index contributed by atoms with van der Waals surface area (Å²) in [4.78, 5) is 12.7. The number of phenolic OH excluding ortho intramolecular Hbond substituents is 1. The van der Waals surface area contributed by atoms with Crippen molar-refractivity contribution < 1.29 is 9.90 Å². The van der Waals surface area contributed by atoms with Crippen molar-refractivity contribution in [2.75, 3.05) is 6.54 Å². The molecule has 1 aliphatic rings. The van der Waals surface area contributed by atoms with Gasteiger partial charge in [-0.2, -0.15) is 0 Å². The molecule has 1 unspecified atom stereocenters. The van der Waals surface area contributed by atoms with Gasteiger partial charge in [0, 0.05) is 11.4 Å². The Balaban J connectivity index is 2.02. The number of nitrogens with one attached hydrogen (secondary N) is 1. The lowest BCUT2D eigenvalue weighted by Gasteiger charge is -2.12. The van der Waals surface area contributed by atoms with Gasteiger partial charge in [0.25, 0.3) is 0 Å². The van der Waals surface area contributed by atoms with Gasteiger partial charge in [0.2, 0.25) is 5.91 Å². The summed E-state index contributed by atoms with van der Waals surface area (Å²) < 4.78 is 0. The molecular weight excluding hydrogens is 222 g/mol. The van der Waals surface area contributed by atoms with E-state index in [0.29, 0.717) is 0 Å². The van der Waals surface area contributed by atoms with E-state index in [0.717, 1.165) is 30.7 Å². The number of hydrogen-bond acceptors (Lipinski definition) is 3. The van der Waals surface area contributed by atoms with Crippen LogP contribution in [0.1, 0.15) is 19.3 Å². The summed E-state index contributed by atoms with van der Waals surface area (Å²) in [6.07, 6.45) is 3.09. The van der Waals surface area contributed by atoms with Crippen molar-refractivity contribution in [2.24, 2.45) is 0 Å². The van der Waals surface area contributed by atoms with Crippen molar-refractivity contribution in [1.29, 1.82) is 0 Å². The number of thioether (sulfide) groups is 1. The van der Waals surface area contributed by atoms with Crippen molar-refractivity contribution in [2.45, 2.75) is 29.4 Å². The van der Waals surface area contributed by atoms with Crippen molar-refractivity contribution in [3.8, 4) is 5.75 Å². The van der Waals surface area contributed by atoms with Crippen LogP contribution in [-0.2, 0) is 4.79 Å². The molecule has 1 heterocycles. The van der Waals surface area contributed by atoms with Crippen LogP contribution >= 0.6 is 11.8 Å². The number of benzene rings is 1. The first-order valence-electron chi connectivity index (χ1n) is 5.49. The van der Waals surface area contributed by atoms with Crippen LogP contribution in [0.15, 0.2) is 29.2 Å². The second-order valence-electron chi connectivity index (χ2n) is 3.89. The highest BCUT2D eigenvalue weighted by Crippen LogP contribution is 2.28. The van der Waals surface area contributed by atoms with Gasteiger partial charge in [0.15, 0.2) is 0 Å². The lowest BCUT2D eigenvalue weighted by atomic mass is 10.2. The molecule has 0 saturated carbocycles. The molecule has 86 valence electrons. The summed E-state index contributed by atoms with van der Waals surface area (Å²) in [6, 6.07) is 6.99. The van der Waals surface area contributed by atoms with Crippen LogP contribution in [0.5, 0.6) is 5.75 Å². The van der Waals surface area contributed by atoms with E-state index in [1.807, 2.05) is 12.1 Å². The maximum atomic E-state index is 11.7. The van der Waals surface area contributed by atoms with Gasteiger partial charge in [-0.15, -0.1) is 11.8 Å². The molecule has 4 heteroatoms. The first-order valence-corrected chi connectivity index (χ1v) is 6.37. The summed E-state index contributed by atoms with van der Waals surface area (Å²) in [7, 11) is 0. The molecule has 0 aliphatic carbocycles. The second kappa shape index (κ2) is 5.25. The van der Waals surface area contributed by atoms with E-state index < -0.39 is 0 Å². The Kier molecular flexibility index (Phi) is 3.72. The maximum absolute atomic E-state index is 11.7. The maximum Gasteiger partial charge on any atom is 0.233 e. The summed E-state index contributed by atoms with van der Waals surface area (Å²) in [5.74, 6) is 0.394. The quantitative estimate of drug-likeness (QED) is 0.828. The highest BCUT2D eigenvalue weighted by molar-refractivity contribution is 8.00. The van der Waals surface area contributed by atoms with Gasteiger partial charge in [0.1, 0.15) is 5.75 Å². The molecule has 1 aliphatic heterocycles. The molecule has 0 bridgehead atoms. The Morgan fingerprint density at radius 2 is 2.00 bits per heavy atom. The van der Waals surface area contributed by atoms with E-state index in [9.17, 15) is 9.90 Å². The van der Waals surface area contributed by atoms with Crippen LogP contribution in [0, 0.1) is 0 Å². The Labute approximate surface area is 99.2 Å². The van der Waals surface area contributed by atoms with E-state index in [1.54, 1.807) is 23.9 Å². The van der Waals surface area contributed by atoms with E-state index in [4.69, 9.17) is 0 Å². The van der Waals surface area contributed by atoms with Crippen molar-refractivity contribution in [3.63, 3.8) is 0 Å². The summed E-state index contributed by atoms with van der Waals surface area (Å²) in [5.41, 5.74) is 0. The molecule has 3 nitrogen and oxygen atoms in total. The molecule has 1 aromatic carbocycles. The predicted octanol–water partition coefficient (Wildman–Crippen LogP) is 2.15. The molecule has 1 saturated heterocycles. The van der Waals surface area contributed by atoms with E-state index in [1.165, 1.54) is 0 Å². The van der Waals surface area contributed by atoms with Gasteiger partial charge < -0.3 is 10.4 Å². The number of aromatic hydroxyl groups is 1. The average Bonchev–Trinajstić information content (AvgIpc) is 2.48. The second-order valence-corrected chi connectivity index (χ2v) is 5.16. The predicted molar refractivity (Wildman–Crippen MR) is 64.6 cm³/mol. The zero-order chi connectivity index (χ0) is 11.4. The summed E-state index contributed by atoms with van der Waals surface area (Å²) >= 11 is 1.57. The molecule has 1 aromatic rings. The van der Waals surface area contributed by atoms with Gasteiger partial charge in [-0.1, -0.05) is 6.42 Å². The van der Waals surface area contributed by atoms with Crippen molar-refractivity contribution in [1.82, 2.24) is 5.32 Å². The lowest BCUT2D eigenvalue weighted by Crippen LogP contribution is -2.30. The normalized spacial score (nSPS) is 21.2. The number of carbonyl (C=O) groups excluding carboxylic acids is 1. The molecule has 16 heavy (non-hydrogen) atoms. The highest BCUT2D eigenvalue weighted by atomic mass is 32.2. The fourth-order valence-corrected chi connectivity index (χ4v) is 2.81. The minimum absolute atomic E-state index is 0.00652. The monoisotopic (exact) mass is 237 g/mol. The van der Waals surface area contributed by atoms with E-state index >= 15 is 0 Å². The van der Waals surface area contributed by atoms with Gasteiger partial charge >= 0.3 is 0 Å². The molecule has 0 radical (unpaired) electrons. The zero-order valence-corrected chi connectivity index (χ0v) is 9.80. The largest absolute Gasteiger partial charge is 0.508 e. The van der Waals surface area contributed by atoms with Crippen LogP contribution in [0.3, 0.4) is 0 Å². The molecule has 0 aromatic heterocycles. The Morgan fingerprint density at radius 3 is 2.75 bits per heavy atom. The van der Waals surface area contributed by atoms with Crippen LogP contribution in [-0.4, -0.2) is 22.8 Å². The first kappa shape index (κ1) is 11.3. The average molecular weight is 237 g/mol. The van der Waals surface area contributed by atoms with E-state index in [-0.39, 0.29) is 16.9 Å². The highest BCUT2D eigenvalue weighted by Gasteiger charge is 2.21. The lowest BCUT2D eigenvalue weighted by molar-refractivity contribution is -0.120. The molecule has 2 rings (SSSR count). The summed E-state index contributed by atoms with van der Waals surface area (Å²) in [5, 5.41) is 12.1. The van der Waals surface area contributed by atoms with Crippen molar-refractivity contribution >= 4 is 17.7 Å². The Hall–Kier alpha value is -1.16. The molecule has 0 spiro atoms. The van der Waals surface area contributed by atoms with E-state index in [2.05, 4.69) is 5.32 Å². The number of amides is 1. The third-order valence-electron chi connectivity index (χ3n) is 2.60. The Bertz CT molecular complexity index is 364. The molecule has 2 N–H and O–H groups in total. The van der Waals surface area contributed by atoms with Crippen LogP contribution in [0.2, 0.25) is 0 Å². The standard InChI is InChI=1S/C12H15NO2S/c14-9-4-6-10(7-5-9)16-11-3-1-2-8-13-12(11)15/h4-7,11,14H,1-3,8H2,(H,13,15). The third kappa shape index (κ3) is 2.92. The van der Waals surface area contributed by atoms with Gasteiger partial charge in [-0.3, -0.25) is 4.79 Å². The first-order chi connectivity index (χ1) is 7.75. The number of hydrogen-bond donors (Lipinski definition) is 2. The minimum Gasteiger partial charge on any atom is -0.508 e. The SMILES string of the molecule is O=C1NCCCCC1Sc1ccc(O)cc1. The fraction of sp³-hybridized carbons (Fsp3) is 0.417. The number of rotatable bonds is 2. The van der Waals surface area contributed by atoms with Gasteiger partial charge in [0.05, 0.1) is 5.25 Å². The van der Waals surface area contributed by atoms with Crippen LogP contribution < -0.4 is 5.32 Å². The van der Waals surface area contributed by atoms with Gasteiger partial charge in [-0.25, -0.2) is 0 Å². The number of carbonyl (C=O) groups is 1. The summed E-state index contributed by atoms with van der Waals surface area (Å²) in [6.45, 7) is 0.797. The smallest absolute Gasteiger partial charge is 0.233 e. The number of phenols is 1. The van der Waals surface area contributed by atoms with Crippen LogP contribution in [0.25, 0.3) is 0 Å². The molecule has 1 fully saturated rings. The third-order valence-corrected chi connectivity index (χ3v) is 3.88. The zero-order valence-electron chi connectivity index (χ0n) is 8.98. The molecule has 1 atom stereocenters. The van der Waals surface area contributed by atoms with Crippen molar-refractivity contribution in [3.05, 3.63) is 24.3 Å². The topological polar surface area (TPSA) is 49.3 Å². The minimum atomic E-state index is 0.00652. The fourth-order valence-electron chi connectivity index (χ4n) is 1.71. The van der Waals surface area contributed by atoms with Gasteiger partial charge in [-0.05, 0) is 37.1 Å². The Morgan fingerprint density at radius 1 is 1.25 bits per heavy atom. The van der Waals surface area contributed by atoms with Crippen LogP contribution in [0.4, 0.5) is 0 Å². The molecular formula is C12H15NO2S.